The van der Waals surface area contributed by atoms with Gasteiger partial charge in [-0.2, -0.15) is 0 Å². The first kappa shape index (κ1) is 18.7. The van der Waals surface area contributed by atoms with Gasteiger partial charge >= 0.3 is 0 Å². The average molecular weight is 293 g/mol. The third kappa shape index (κ3) is 7.75. The van der Waals surface area contributed by atoms with E-state index in [1.54, 1.807) is 0 Å². The van der Waals surface area contributed by atoms with Gasteiger partial charge in [0, 0.05) is 6.54 Å². The predicted molar refractivity (Wildman–Crippen MR) is 80.8 cm³/mol. The van der Waals surface area contributed by atoms with Gasteiger partial charge in [-0.15, -0.1) is 12.4 Å². The Balaban J connectivity index is 0.00000324. The highest BCUT2D eigenvalue weighted by Gasteiger charge is 2.22. The number of carbonyl (C=O) groups is 1. The van der Waals surface area contributed by atoms with Crippen LogP contribution in [0.5, 0.6) is 0 Å². The van der Waals surface area contributed by atoms with E-state index < -0.39 is 0 Å². The summed E-state index contributed by atoms with van der Waals surface area (Å²) >= 11 is 0. The second-order valence-electron chi connectivity index (χ2n) is 5.04. The molecule has 1 fully saturated rings. The number of carbonyl (C=O) groups excluding carboxylic acids is 1. The predicted octanol–water partition coefficient (Wildman–Crippen LogP) is 2.26. The van der Waals surface area contributed by atoms with Gasteiger partial charge in [-0.3, -0.25) is 4.79 Å². The maximum absolute atomic E-state index is 12.0. The molecular weight excluding hydrogens is 264 g/mol. The van der Waals surface area contributed by atoms with Gasteiger partial charge in [-0.1, -0.05) is 26.2 Å². The summed E-state index contributed by atoms with van der Waals surface area (Å²) in [7, 11) is 1.92. The van der Waals surface area contributed by atoms with Crippen molar-refractivity contribution in [1.29, 1.82) is 0 Å². The van der Waals surface area contributed by atoms with Gasteiger partial charge in [0.25, 0.3) is 0 Å². The van der Waals surface area contributed by atoms with Crippen molar-refractivity contribution in [3.8, 4) is 0 Å². The van der Waals surface area contributed by atoms with Crippen LogP contribution >= 0.6 is 12.4 Å². The molecule has 1 saturated carbocycles. The monoisotopic (exact) mass is 292 g/mol. The summed E-state index contributed by atoms with van der Waals surface area (Å²) in [6, 6.07) is 0. The quantitative estimate of drug-likeness (QED) is 0.675. The van der Waals surface area contributed by atoms with Crippen molar-refractivity contribution < 1.29 is 9.53 Å². The minimum Gasteiger partial charge on any atom is -0.365 e. The summed E-state index contributed by atoms with van der Waals surface area (Å²) in [6.45, 7) is 3.67. The minimum absolute atomic E-state index is 0. The van der Waals surface area contributed by atoms with Crippen LogP contribution in [0.15, 0.2) is 0 Å². The van der Waals surface area contributed by atoms with E-state index in [4.69, 9.17) is 4.74 Å². The van der Waals surface area contributed by atoms with Crippen molar-refractivity contribution in [2.24, 2.45) is 0 Å². The minimum atomic E-state index is -0.261. The first-order chi connectivity index (χ1) is 8.77. The molecule has 5 heteroatoms. The molecule has 0 heterocycles. The van der Waals surface area contributed by atoms with Crippen LogP contribution in [-0.4, -0.2) is 38.3 Å². The molecule has 0 aliphatic heterocycles. The van der Waals surface area contributed by atoms with Crippen LogP contribution < -0.4 is 10.6 Å². The van der Waals surface area contributed by atoms with E-state index >= 15 is 0 Å². The summed E-state index contributed by atoms with van der Waals surface area (Å²) < 4.78 is 5.93. The first-order valence-corrected chi connectivity index (χ1v) is 7.35. The Kier molecular flexibility index (Phi) is 11.3. The molecule has 1 atom stereocenters. The highest BCUT2D eigenvalue weighted by molar-refractivity contribution is 5.85. The largest absolute Gasteiger partial charge is 0.365 e. The molecule has 2 N–H and O–H groups in total. The first-order valence-electron chi connectivity index (χ1n) is 7.35. The average Bonchev–Trinajstić information content (AvgIpc) is 2.42. The lowest BCUT2D eigenvalue weighted by Gasteiger charge is -2.26. The van der Waals surface area contributed by atoms with E-state index in [1.165, 1.54) is 19.3 Å². The Bertz CT molecular complexity index is 233. The topological polar surface area (TPSA) is 50.4 Å². The lowest BCUT2D eigenvalue weighted by atomic mass is 9.97. The lowest BCUT2D eigenvalue weighted by Crippen LogP contribution is -2.39. The van der Waals surface area contributed by atoms with Gasteiger partial charge in [-0.25, -0.2) is 0 Å². The van der Waals surface area contributed by atoms with Gasteiger partial charge in [0.1, 0.15) is 6.10 Å². The van der Waals surface area contributed by atoms with Crippen LogP contribution in [0, 0.1) is 0 Å². The fourth-order valence-electron chi connectivity index (χ4n) is 2.37. The molecule has 114 valence electrons. The summed E-state index contributed by atoms with van der Waals surface area (Å²) in [5.74, 6) is 0.0548. The van der Waals surface area contributed by atoms with Gasteiger partial charge in [0.2, 0.25) is 5.91 Å². The fraction of sp³-hybridized carbons (Fsp3) is 0.929. The van der Waals surface area contributed by atoms with Crippen LogP contribution in [0.25, 0.3) is 0 Å². The number of nitrogens with one attached hydrogen (secondary N) is 2. The number of ether oxygens (including phenoxy) is 1. The zero-order valence-electron chi connectivity index (χ0n) is 12.2. The van der Waals surface area contributed by atoms with E-state index in [0.717, 1.165) is 38.8 Å². The van der Waals surface area contributed by atoms with Crippen LogP contribution in [0.2, 0.25) is 0 Å². The number of hydrogen-bond acceptors (Lipinski definition) is 3. The standard InChI is InChI=1S/C14H28N2O2.ClH/c1-3-13(14(17)16-11-7-10-15-2)18-12-8-5-4-6-9-12;/h12-13,15H,3-11H2,1-2H3,(H,16,17);1H. The molecule has 4 nitrogen and oxygen atoms in total. The lowest BCUT2D eigenvalue weighted by molar-refractivity contribution is -0.138. The van der Waals surface area contributed by atoms with E-state index in [0.29, 0.717) is 6.10 Å². The molecule has 19 heavy (non-hydrogen) atoms. The second-order valence-corrected chi connectivity index (χ2v) is 5.04. The zero-order valence-corrected chi connectivity index (χ0v) is 13.1. The van der Waals surface area contributed by atoms with E-state index in [1.807, 2.05) is 14.0 Å². The molecule has 0 radical (unpaired) electrons. The third-order valence-corrected chi connectivity index (χ3v) is 3.47. The van der Waals surface area contributed by atoms with Crippen molar-refractivity contribution in [3.63, 3.8) is 0 Å². The SMILES string of the molecule is CCC(OC1CCCCC1)C(=O)NCCCNC.Cl. The molecule has 1 rings (SSSR count). The van der Waals surface area contributed by atoms with Crippen molar-refractivity contribution in [2.45, 2.75) is 64.1 Å². The van der Waals surface area contributed by atoms with Crippen LogP contribution in [0.4, 0.5) is 0 Å². The van der Waals surface area contributed by atoms with Crippen LogP contribution in [-0.2, 0) is 9.53 Å². The molecule has 0 bridgehead atoms. The zero-order chi connectivity index (χ0) is 13.2. The van der Waals surface area contributed by atoms with Gasteiger partial charge in [0.05, 0.1) is 6.10 Å². The highest BCUT2D eigenvalue weighted by Crippen LogP contribution is 2.22. The summed E-state index contributed by atoms with van der Waals surface area (Å²) in [5.41, 5.74) is 0. The summed E-state index contributed by atoms with van der Waals surface area (Å²) in [6.07, 6.45) is 7.78. The Morgan fingerprint density at radius 1 is 1.26 bits per heavy atom. The molecule has 0 aromatic heterocycles. The molecule has 0 aromatic rings. The van der Waals surface area contributed by atoms with Crippen LogP contribution in [0.3, 0.4) is 0 Å². The Labute approximate surface area is 123 Å². The van der Waals surface area contributed by atoms with Gasteiger partial charge < -0.3 is 15.4 Å². The van der Waals surface area contributed by atoms with Crippen molar-refractivity contribution in [3.05, 3.63) is 0 Å². The van der Waals surface area contributed by atoms with Crippen LogP contribution in [0.1, 0.15) is 51.9 Å². The molecule has 1 aliphatic rings. The fourth-order valence-corrected chi connectivity index (χ4v) is 2.37. The molecule has 0 aromatic carbocycles. The van der Waals surface area contributed by atoms with E-state index in [2.05, 4.69) is 10.6 Å². The molecule has 1 aliphatic carbocycles. The molecule has 0 spiro atoms. The normalized spacial score (nSPS) is 17.6. The van der Waals surface area contributed by atoms with Crippen molar-refractivity contribution >= 4 is 18.3 Å². The van der Waals surface area contributed by atoms with E-state index in [9.17, 15) is 4.79 Å². The maximum Gasteiger partial charge on any atom is 0.249 e. The Hall–Kier alpha value is -0.320. The Morgan fingerprint density at radius 3 is 2.53 bits per heavy atom. The number of amides is 1. The smallest absolute Gasteiger partial charge is 0.249 e. The third-order valence-electron chi connectivity index (χ3n) is 3.47. The number of rotatable bonds is 8. The van der Waals surface area contributed by atoms with Gasteiger partial charge in [0.15, 0.2) is 0 Å². The van der Waals surface area contributed by atoms with Gasteiger partial charge in [-0.05, 0) is 39.3 Å². The number of hydrogen-bond donors (Lipinski definition) is 2. The van der Waals surface area contributed by atoms with Crippen molar-refractivity contribution in [1.82, 2.24) is 10.6 Å². The number of halogens is 1. The Morgan fingerprint density at radius 2 is 1.95 bits per heavy atom. The second kappa shape index (κ2) is 11.5. The van der Waals surface area contributed by atoms with E-state index in [-0.39, 0.29) is 24.4 Å². The summed E-state index contributed by atoms with van der Waals surface area (Å²) in [4.78, 5) is 12.0. The highest BCUT2D eigenvalue weighted by atomic mass is 35.5. The summed E-state index contributed by atoms with van der Waals surface area (Å²) in [5, 5.41) is 6.02. The molecular formula is C14H29ClN2O2. The molecule has 0 saturated heterocycles. The van der Waals surface area contributed by atoms with Crippen molar-refractivity contribution in [2.75, 3.05) is 20.1 Å². The molecule has 1 amide bonds. The molecule has 1 unspecified atom stereocenters. The maximum atomic E-state index is 12.0.